The summed E-state index contributed by atoms with van der Waals surface area (Å²) in [6.07, 6.45) is 3.41. The highest BCUT2D eigenvalue weighted by Crippen LogP contribution is 2.19. The van der Waals surface area contributed by atoms with E-state index in [2.05, 4.69) is 37.8 Å². The molecule has 1 amide bonds. The molecule has 0 radical (unpaired) electrons. The molecule has 0 aliphatic carbocycles. The van der Waals surface area contributed by atoms with Crippen LogP contribution in [0.5, 0.6) is 0 Å². The van der Waals surface area contributed by atoms with Crippen LogP contribution in [0.25, 0.3) is 0 Å². The zero-order chi connectivity index (χ0) is 22.4. The van der Waals surface area contributed by atoms with Gasteiger partial charge in [0, 0.05) is 41.0 Å². The molecule has 0 saturated heterocycles. The number of nitrogens with one attached hydrogen (secondary N) is 1. The number of carbonyl (C=O) groups excluding carboxylic acids is 1. The number of amides is 1. The van der Waals surface area contributed by atoms with Crippen molar-refractivity contribution < 1.29 is 14.7 Å². The van der Waals surface area contributed by atoms with Gasteiger partial charge in [-0.3, -0.25) is 9.59 Å². The number of carboxylic acid groups (broad SMARTS) is 1. The summed E-state index contributed by atoms with van der Waals surface area (Å²) in [4.78, 5) is 33.9. The van der Waals surface area contributed by atoms with Crippen molar-refractivity contribution in [1.29, 1.82) is 0 Å². The Hall–Kier alpha value is -3.52. The first-order valence-electron chi connectivity index (χ1n) is 9.43. The van der Waals surface area contributed by atoms with Crippen LogP contribution in [-0.4, -0.2) is 34.0 Å². The maximum absolute atomic E-state index is 12.3. The third-order valence-corrected chi connectivity index (χ3v) is 5.05. The molecular formula is C23H21BrN4O3. The monoisotopic (exact) mass is 480 g/mol. The van der Waals surface area contributed by atoms with Gasteiger partial charge in [0.15, 0.2) is 0 Å². The third kappa shape index (κ3) is 5.99. The summed E-state index contributed by atoms with van der Waals surface area (Å²) < 4.78 is 0.911. The summed E-state index contributed by atoms with van der Waals surface area (Å²) in [7, 11) is 1.76. The molecule has 0 saturated carbocycles. The number of carbonyl (C=O) groups is 2. The highest BCUT2D eigenvalue weighted by Gasteiger charge is 2.13. The first-order valence-corrected chi connectivity index (χ1v) is 10.2. The summed E-state index contributed by atoms with van der Waals surface area (Å²) in [6.45, 7) is 3.71. The van der Waals surface area contributed by atoms with Crippen molar-refractivity contribution in [3.05, 3.63) is 94.5 Å². The lowest BCUT2D eigenvalue weighted by Gasteiger charge is -2.17. The molecule has 0 aliphatic rings. The Bertz CT molecular complexity index is 1100. The molecule has 0 atom stereocenters. The van der Waals surface area contributed by atoms with Crippen molar-refractivity contribution >= 4 is 39.3 Å². The molecule has 0 fully saturated rings. The molecule has 31 heavy (non-hydrogen) atoms. The van der Waals surface area contributed by atoms with Gasteiger partial charge < -0.3 is 15.3 Å². The van der Waals surface area contributed by atoms with E-state index >= 15 is 0 Å². The van der Waals surface area contributed by atoms with Crippen molar-refractivity contribution in [2.45, 2.75) is 12.8 Å². The molecule has 3 rings (SSSR count). The normalized spacial score (nSPS) is 10.4. The summed E-state index contributed by atoms with van der Waals surface area (Å²) in [5.41, 5.74) is 2.73. The second-order valence-corrected chi connectivity index (χ2v) is 7.75. The van der Waals surface area contributed by atoms with E-state index in [1.807, 2.05) is 36.4 Å². The molecule has 2 N–H and O–H groups in total. The average Bonchev–Trinajstić information content (AvgIpc) is 2.75. The minimum Gasteiger partial charge on any atom is -0.481 e. The van der Waals surface area contributed by atoms with Gasteiger partial charge in [-0.1, -0.05) is 34.6 Å². The van der Waals surface area contributed by atoms with Gasteiger partial charge in [-0.05, 0) is 48.2 Å². The third-order valence-electron chi connectivity index (χ3n) is 4.52. The van der Waals surface area contributed by atoms with E-state index in [0.717, 1.165) is 10.0 Å². The van der Waals surface area contributed by atoms with E-state index in [1.165, 1.54) is 0 Å². The lowest BCUT2D eigenvalue weighted by atomic mass is 10.1. The van der Waals surface area contributed by atoms with Crippen LogP contribution in [0.3, 0.4) is 0 Å². The predicted molar refractivity (Wildman–Crippen MR) is 123 cm³/mol. The first kappa shape index (κ1) is 22.2. The molecule has 7 nitrogen and oxygen atoms in total. The Morgan fingerprint density at radius 3 is 2.45 bits per heavy atom. The first-order chi connectivity index (χ1) is 14.9. The van der Waals surface area contributed by atoms with Crippen LogP contribution in [0.1, 0.15) is 27.3 Å². The van der Waals surface area contributed by atoms with Crippen molar-refractivity contribution in [3.8, 4) is 0 Å². The van der Waals surface area contributed by atoms with Crippen molar-refractivity contribution in [1.82, 2.24) is 9.97 Å². The van der Waals surface area contributed by atoms with Crippen LogP contribution in [-0.2, 0) is 17.6 Å². The van der Waals surface area contributed by atoms with Crippen molar-refractivity contribution in [3.63, 3.8) is 0 Å². The van der Waals surface area contributed by atoms with Crippen LogP contribution in [0.2, 0.25) is 0 Å². The second kappa shape index (κ2) is 9.99. The molecule has 0 bridgehead atoms. The number of hydrogen-bond acceptors (Lipinski definition) is 5. The largest absolute Gasteiger partial charge is 0.481 e. The van der Waals surface area contributed by atoms with Gasteiger partial charge in [0.1, 0.15) is 11.6 Å². The Morgan fingerprint density at radius 2 is 1.84 bits per heavy atom. The number of carboxylic acids is 1. The Balaban J connectivity index is 1.71. The molecule has 0 aliphatic heterocycles. The van der Waals surface area contributed by atoms with Gasteiger partial charge in [0.2, 0.25) is 0 Å². The molecule has 158 valence electrons. The lowest BCUT2D eigenvalue weighted by molar-refractivity contribution is -0.136. The quantitative estimate of drug-likeness (QED) is 0.499. The van der Waals surface area contributed by atoms with E-state index in [4.69, 9.17) is 5.11 Å². The van der Waals surface area contributed by atoms with Gasteiger partial charge in [-0.25, -0.2) is 9.97 Å². The van der Waals surface area contributed by atoms with Crippen molar-refractivity contribution in [2.75, 3.05) is 17.3 Å². The zero-order valence-electron chi connectivity index (χ0n) is 16.9. The summed E-state index contributed by atoms with van der Waals surface area (Å²) in [5.74, 6) is -0.0594. The predicted octanol–water partition coefficient (Wildman–Crippen LogP) is 4.29. The second-order valence-electron chi connectivity index (χ2n) is 6.83. The summed E-state index contributed by atoms with van der Waals surface area (Å²) >= 11 is 3.35. The minimum absolute atomic E-state index is 0.166. The molecule has 2 aromatic carbocycles. The molecule has 0 unspecified atom stereocenters. The van der Waals surface area contributed by atoms with Crippen LogP contribution in [0.4, 0.5) is 11.5 Å². The fourth-order valence-electron chi connectivity index (χ4n) is 2.89. The van der Waals surface area contributed by atoms with Gasteiger partial charge in [0.25, 0.3) is 5.91 Å². The Kier molecular flexibility index (Phi) is 7.15. The lowest BCUT2D eigenvalue weighted by Crippen LogP contribution is -2.16. The van der Waals surface area contributed by atoms with Gasteiger partial charge >= 0.3 is 5.97 Å². The van der Waals surface area contributed by atoms with Gasteiger partial charge in [-0.15, -0.1) is 0 Å². The Labute approximate surface area is 188 Å². The molecule has 1 aromatic heterocycles. The minimum atomic E-state index is -0.948. The fourth-order valence-corrected chi connectivity index (χ4v) is 3.16. The fraction of sp³-hybridized carbons (Fsp3) is 0.130. The number of aliphatic carboxylic acids is 1. The Morgan fingerprint density at radius 1 is 1.16 bits per heavy atom. The highest BCUT2D eigenvalue weighted by atomic mass is 79.9. The summed E-state index contributed by atoms with van der Waals surface area (Å²) in [5, 5.41) is 12.0. The smallest absolute Gasteiger partial charge is 0.308 e. The molecule has 0 spiro atoms. The molecule has 3 aromatic rings. The average molecular weight is 481 g/mol. The molecule has 1 heterocycles. The number of nitrogens with zero attached hydrogens (tertiary/aromatic N) is 3. The van der Waals surface area contributed by atoms with Gasteiger partial charge in [0.05, 0.1) is 6.42 Å². The SMILES string of the molecule is C=CN(C)c1nc(Cc2ccc(NC(=O)c3ccc(Br)cc3)cc2)ncc1CC(=O)O. The van der Waals surface area contributed by atoms with Crippen LogP contribution in [0, 0.1) is 0 Å². The van der Waals surface area contributed by atoms with E-state index in [-0.39, 0.29) is 12.3 Å². The standard InChI is InChI=1S/C23H21BrN4O3/c1-3-28(2)22-17(13-21(29)30)14-25-20(27-22)12-15-4-10-19(11-5-15)26-23(31)16-6-8-18(24)9-7-16/h3-11,14H,1,12-13H2,2H3,(H,26,31)(H,29,30). The summed E-state index contributed by atoms with van der Waals surface area (Å²) in [6, 6.07) is 14.6. The molecular weight excluding hydrogens is 460 g/mol. The number of anilines is 2. The molecule has 8 heteroatoms. The van der Waals surface area contributed by atoms with Gasteiger partial charge in [-0.2, -0.15) is 0 Å². The zero-order valence-corrected chi connectivity index (χ0v) is 18.5. The highest BCUT2D eigenvalue weighted by molar-refractivity contribution is 9.10. The van der Waals surface area contributed by atoms with Crippen molar-refractivity contribution in [2.24, 2.45) is 0 Å². The number of halogens is 1. The van der Waals surface area contributed by atoms with Crippen LogP contribution < -0.4 is 10.2 Å². The number of hydrogen-bond donors (Lipinski definition) is 2. The van der Waals surface area contributed by atoms with E-state index in [0.29, 0.717) is 34.9 Å². The maximum Gasteiger partial charge on any atom is 0.308 e. The van der Waals surface area contributed by atoms with E-state index < -0.39 is 5.97 Å². The number of rotatable bonds is 8. The van der Waals surface area contributed by atoms with E-state index in [1.54, 1.807) is 36.5 Å². The number of aromatic nitrogens is 2. The number of benzene rings is 2. The van der Waals surface area contributed by atoms with Crippen LogP contribution in [0.15, 0.2) is 72.0 Å². The topological polar surface area (TPSA) is 95.4 Å². The maximum atomic E-state index is 12.3. The van der Waals surface area contributed by atoms with E-state index in [9.17, 15) is 9.59 Å². The van der Waals surface area contributed by atoms with Crippen LogP contribution >= 0.6 is 15.9 Å².